The van der Waals surface area contributed by atoms with E-state index in [-0.39, 0.29) is 5.60 Å². The van der Waals surface area contributed by atoms with Crippen LogP contribution in [0, 0.1) is 5.41 Å². The van der Waals surface area contributed by atoms with Crippen LogP contribution in [0.3, 0.4) is 0 Å². The lowest BCUT2D eigenvalue weighted by atomic mass is 9.83. The van der Waals surface area contributed by atoms with Crippen LogP contribution in [0.25, 0.3) is 0 Å². The number of ether oxygens (including phenoxy) is 1. The Hall–Kier alpha value is -1.02. The zero-order chi connectivity index (χ0) is 15.5. The molecule has 1 aliphatic heterocycles. The van der Waals surface area contributed by atoms with E-state index in [4.69, 9.17) is 4.74 Å². The summed E-state index contributed by atoms with van der Waals surface area (Å²) in [4.78, 5) is 0. The second kappa shape index (κ2) is 6.39. The predicted molar refractivity (Wildman–Crippen MR) is 90.1 cm³/mol. The Kier molecular flexibility index (Phi) is 4.98. The summed E-state index contributed by atoms with van der Waals surface area (Å²) in [7, 11) is 0. The standard InChI is InChI=1S/C19H31NO/c1-6-20-12-11-18(2,3)10-9-15-7-8-17-16(13-15)14-19(4,5)21-17/h7-8,13,20H,6,9-12,14H2,1-5H3. The van der Waals surface area contributed by atoms with Crippen molar-refractivity contribution < 1.29 is 4.74 Å². The highest BCUT2D eigenvalue weighted by Crippen LogP contribution is 2.36. The van der Waals surface area contributed by atoms with Crippen LogP contribution in [0.2, 0.25) is 0 Å². The minimum absolute atomic E-state index is 0.0357. The van der Waals surface area contributed by atoms with Gasteiger partial charge in [0.05, 0.1) is 0 Å². The Morgan fingerprint density at radius 3 is 2.71 bits per heavy atom. The van der Waals surface area contributed by atoms with Crippen LogP contribution in [0.5, 0.6) is 5.75 Å². The van der Waals surface area contributed by atoms with Gasteiger partial charge in [0.1, 0.15) is 11.4 Å². The van der Waals surface area contributed by atoms with E-state index in [1.165, 1.54) is 24.0 Å². The molecule has 0 bridgehead atoms. The van der Waals surface area contributed by atoms with Gasteiger partial charge in [0.25, 0.3) is 0 Å². The van der Waals surface area contributed by atoms with Crippen molar-refractivity contribution in [3.63, 3.8) is 0 Å². The van der Waals surface area contributed by atoms with Gasteiger partial charge in [0, 0.05) is 6.42 Å². The first-order valence-corrected chi connectivity index (χ1v) is 8.33. The van der Waals surface area contributed by atoms with E-state index in [9.17, 15) is 0 Å². The first-order valence-electron chi connectivity index (χ1n) is 8.33. The highest BCUT2D eigenvalue weighted by atomic mass is 16.5. The maximum absolute atomic E-state index is 5.95. The topological polar surface area (TPSA) is 21.3 Å². The molecule has 21 heavy (non-hydrogen) atoms. The summed E-state index contributed by atoms with van der Waals surface area (Å²) in [5.74, 6) is 1.08. The third kappa shape index (κ3) is 4.74. The summed E-state index contributed by atoms with van der Waals surface area (Å²) >= 11 is 0. The van der Waals surface area contributed by atoms with Crippen molar-refractivity contribution in [3.05, 3.63) is 29.3 Å². The molecule has 0 aliphatic carbocycles. The van der Waals surface area contributed by atoms with Gasteiger partial charge in [-0.25, -0.2) is 0 Å². The van der Waals surface area contributed by atoms with Gasteiger partial charge in [0.15, 0.2) is 0 Å². The maximum Gasteiger partial charge on any atom is 0.123 e. The molecule has 118 valence electrons. The number of nitrogens with one attached hydrogen (secondary N) is 1. The summed E-state index contributed by atoms with van der Waals surface area (Å²) in [6.07, 6.45) is 4.66. The second-order valence-electron chi connectivity index (χ2n) is 7.75. The number of rotatable bonds is 7. The monoisotopic (exact) mass is 289 g/mol. The van der Waals surface area contributed by atoms with E-state index >= 15 is 0 Å². The average Bonchev–Trinajstić information content (AvgIpc) is 2.69. The van der Waals surface area contributed by atoms with Crippen molar-refractivity contribution in [2.45, 2.75) is 65.9 Å². The number of benzene rings is 1. The molecular formula is C19H31NO. The van der Waals surface area contributed by atoms with Crippen LogP contribution >= 0.6 is 0 Å². The van der Waals surface area contributed by atoms with Crippen LogP contribution in [0.1, 0.15) is 58.6 Å². The Balaban J connectivity index is 1.90. The first kappa shape index (κ1) is 16.4. The fourth-order valence-corrected chi connectivity index (χ4v) is 3.03. The summed E-state index contributed by atoms with van der Waals surface area (Å²) < 4.78 is 5.95. The van der Waals surface area contributed by atoms with Gasteiger partial charge in [-0.1, -0.05) is 32.9 Å². The Bertz CT molecular complexity index is 476. The highest BCUT2D eigenvalue weighted by molar-refractivity contribution is 5.41. The fraction of sp³-hybridized carbons (Fsp3) is 0.684. The summed E-state index contributed by atoms with van der Waals surface area (Å²) in [5.41, 5.74) is 3.19. The lowest BCUT2D eigenvalue weighted by Gasteiger charge is -2.24. The molecule has 1 aromatic carbocycles. The van der Waals surface area contributed by atoms with Crippen molar-refractivity contribution in [1.82, 2.24) is 5.32 Å². The normalized spacial score (nSPS) is 16.6. The third-order valence-electron chi connectivity index (χ3n) is 4.45. The van der Waals surface area contributed by atoms with Crippen molar-refractivity contribution in [2.75, 3.05) is 13.1 Å². The number of fused-ring (bicyclic) bond motifs is 1. The van der Waals surface area contributed by atoms with Gasteiger partial charge in [0.2, 0.25) is 0 Å². The lowest BCUT2D eigenvalue weighted by Crippen LogP contribution is -2.24. The Labute approximate surface area is 130 Å². The molecule has 0 aromatic heterocycles. The summed E-state index contributed by atoms with van der Waals surface area (Å²) in [5, 5.41) is 3.43. The van der Waals surface area contributed by atoms with Gasteiger partial charge in [-0.05, 0) is 68.8 Å². The number of hydrogen-bond donors (Lipinski definition) is 1. The van der Waals surface area contributed by atoms with E-state index in [0.717, 1.165) is 31.7 Å². The highest BCUT2D eigenvalue weighted by Gasteiger charge is 2.30. The molecule has 0 radical (unpaired) electrons. The largest absolute Gasteiger partial charge is 0.487 e. The summed E-state index contributed by atoms with van der Waals surface area (Å²) in [6, 6.07) is 6.75. The fourth-order valence-electron chi connectivity index (χ4n) is 3.03. The third-order valence-corrected chi connectivity index (χ3v) is 4.45. The molecule has 0 spiro atoms. The van der Waals surface area contributed by atoms with Crippen molar-refractivity contribution in [1.29, 1.82) is 0 Å². The van der Waals surface area contributed by atoms with E-state index in [0.29, 0.717) is 5.41 Å². The first-order chi connectivity index (χ1) is 9.81. The van der Waals surface area contributed by atoms with Crippen LogP contribution in [-0.4, -0.2) is 18.7 Å². The van der Waals surface area contributed by atoms with Crippen LogP contribution in [0.4, 0.5) is 0 Å². The number of aryl methyl sites for hydroxylation is 1. The molecule has 1 aromatic rings. The molecule has 0 amide bonds. The van der Waals surface area contributed by atoms with Gasteiger partial charge in [-0.15, -0.1) is 0 Å². The van der Waals surface area contributed by atoms with Gasteiger partial charge in [-0.3, -0.25) is 0 Å². The SMILES string of the molecule is CCNCCC(C)(C)CCc1ccc2c(c1)CC(C)(C)O2. The van der Waals surface area contributed by atoms with Gasteiger partial charge < -0.3 is 10.1 Å². The van der Waals surface area contributed by atoms with Crippen LogP contribution in [-0.2, 0) is 12.8 Å². The van der Waals surface area contributed by atoms with E-state index in [1.807, 2.05) is 0 Å². The molecule has 1 N–H and O–H groups in total. The zero-order valence-corrected chi connectivity index (χ0v) is 14.4. The molecular weight excluding hydrogens is 258 g/mol. The molecule has 0 saturated carbocycles. The molecule has 2 rings (SSSR count). The molecule has 0 atom stereocenters. The lowest BCUT2D eigenvalue weighted by molar-refractivity contribution is 0.138. The molecule has 1 aliphatic rings. The van der Waals surface area contributed by atoms with Crippen LogP contribution < -0.4 is 10.1 Å². The average molecular weight is 289 g/mol. The molecule has 0 unspecified atom stereocenters. The predicted octanol–water partition coefficient (Wildman–Crippen LogP) is 4.36. The van der Waals surface area contributed by atoms with E-state index < -0.39 is 0 Å². The van der Waals surface area contributed by atoms with Crippen molar-refractivity contribution in [3.8, 4) is 5.75 Å². The van der Waals surface area contributed by atoms with Crippen molar-refractivity contribution in [2.24, 2.45) is 5.41 Å². The molecule has 0 saturated heterocycles. The molecule has 0 fully saturated rings. The Morgan fingerprint density at radius 1 is 1.24 bits per heavy atom. The minimum Gasteiger partial charge on any atom is -0.487 e. The quantitative estimate of drug-likeness (QED) is 0.753. The summed E-state index contributed by atoms with van der Waals surface area (Å²) in [6.45, 7) is 13.4. The van der Waals surface area contributed by atoms with Gasteiger partial charge in [-0.2, -0.15) is 0 Å². The smallest absolute Gasteiger partial charge is 0.123 e. The maximum atomic E-state index is 5.95. The minimum atomic E-state index is -0.0357. The molecule has 2 nitrogen and oxygen atoms in total. The number of hydrogen-bond acceptors (Lipinski definition) is 2. The zero-order valence-electron chi connectivity index (χ0n) is 14.4. The van der Waals surface area contributed by atoms with Gasteiger partial charge >= 0.3 is 0 Å². The molecule has 2 heteroatoms. The van der Waals surface area contributed by atoms with E-state index in [2.05, 4.69) is 58.1 Å². The van der Waals surface area contributed by atoms with E-state index in [1.54, 1.807) is 0 Å². The molecule has 1 heterocycles. The Morgan fingerprint density at radius 2 is 2.00 bits per heavy atom. The van der Waals surface area contributed by atoms with Crippen molar-refractivity contribution >= 4 is 0 Å². The second-order valence-corrected chi connectivity index (χ2v) is 7.75. The van der Waals surface area contributed by atoms with Crippen LogP contribution in [0.15, 0.2) is 18.2 Å².